The van der Waals surface area contributed by atoms with Gasteiger partial charge in [-0.25, -0.2) is 13.1 Å². The molecular weight excluding hydrogens is 286 g/mol. The molecule has 0 saturated carbocycles. The van der Waals surface area contributed by atoms with Crippen LogP contribution in [0.1, 0.15) is 33.6 Å². The minimum Gasteiger partial charge on any atom is -0.380 e. The van der Waals surface area contributed by atoms with Gasteiger partial charge < -0.3 is 10.6 Å². The smallest absolute Gasteiger partial charge is 0.242 e. The van der Waals surface area contributed by atoms with Crippen LogP contribution in [0.4, 0.5) is 5.69 Å². The van der Waals surface area contributed by atoms with Crippen LogP contribution >= 0.6 is 0 Å². The van der Waals surface area contributed by atoms with Gasteiger partial charge >= 0.3 is 0 Å². The third-order valence-corrected chi connectivity index (χ3v) is 5.39. The molecule has 5 nitrogen and oxygen atoms in total. The third kappa shape index (κ3) is 4.18. The van der Waals surface area contributed by atoms with Gasteiger partial charge in [-0.3, -0.25) is 0 Å². The molecule has 1 aliphatic rings. The van der Waals surface area contributed by atoms with Gasteiger partial charge in [0.25, 0.3) is 0 Å². The van der Waals surface area contributed by atoms with Crippen LogP contribution < -0.4 is 15.4 Å². The van der Waals surface area contributed by atoms with Crippen LogP contribution in [0.2, 0.25) is 0 Å². The van der Waals surface area contributed by atoms with Crippen molar-refractivity contribution in [3.63, 3.8) is 0 Å². The van der Waals surface area contributed by atoms with Crippen molar-refractivity contribution in [2.45, 2.75) is 56.6 Å². The number of rotatable bonds is 5. The predicted molar refractivity (Wildman–Crippen MR) is 86.0 cm³/mol. The van der Waals surface area contributed by atoms with Crippen molar-refractivity contribution in [1.82, 2.24) is 10.0 Å². The van der Waals surface area contributed by atoms with Gasteiger partial charge in [0, 0.05) is 18.1 Å². The Morgan fingerprint density at radius 2 is 2.00 bits per heavy atom. The number of nitrogens with one attached hydrogen (secondary N) is 3. The Balaban J connectivity index is 2.24. The van der Waals surface area contributed by atoms with E-state index < -0.39 is 10.0 Å². The summed E-state index contributed by atoms with van der Waals surface area (Å²) in [6.07, 6.45) is 2.14. The highest BCUT2D eigenvalue weighted by Gasteiger charge is 2.24. The number of benzene rings is 1. The van der Waals surface area contributed by atoms with Gasteiger partial charge in [0.15, 0.2) is 0 Å². The molecule has 1 aromatic rings. The first kappa shape index (κ1) is 16.3. The van der Waals surface area contributed by atoms with Gasteiger partial charge in [-0.15, -0.1) is 0 Å². The van der Waals surface area contributed by atoms with Gasteiger partial charge in [0.2, 0.25) is 10.0 Å². The summed E-state index contributed by atoms with van der Waals surface area (Å²) in [7, 11) is -3.49. The van der Waals surface area contributed by atoms with Crippen molar-refractivity contribution in [2.24, 2.45) is 0 Å². The van der Waals surface area contributed by atoms with E-state index in [1.54, 1.807) is 12.1 Å². The first-order valence-electron chi connectivity index (χ1n) is 7.51. The molecule has 3 N–H and O–H groups in total. The zero-order valence-electron chi connectivity index (χ0n) is 12.9. The zero-order valence-corrected chi connectivity index (χ0v) is 13.7. The number of anilines is 1. The lowest BCUT2D eigenvalue weighted by Crippen LogP contribution is -2.46. The van der Waals surface area contributed by atoms with Gasteiger partial charge in [-0.05, 0) is 52.3 Å². The molecule has 0 radical (unpaired) electrons. The fourth-order valence-corrected chi connectivity index (χ4v) is 4.06. The molecule has 2 atom stereocenters. The first-order valence-corrected chi connectivity index (χ1v) is 9.00. The van der Waals surface area contributed by atoms with Crippen LogP contribution in [0, 0.1) is 0 Å². The zero-order chi connectivity index (χ0) is 15.5. The molecule has 1 fully saturated rings. The van der Waals surface area contributed by atoms with E-state index in [1.165, 1.54) is 0 Å². The van der Waals surface area contributed by atoms with Crippen molar-refractivity contribution in [3.05, 3.63) is 24.3 Å². The van der Waals surface area contributed by atoms with Crippen LogP contribution in [0.3, 0.4) is 0 Å². The molecule has 21 heavy (non-hydrogen) atoms. The SMILES string of the molecule is CC(C)NS(=O)(=O)c1ccccc1NC1CCCNC1C. The number of hydrogen-bond acceptors (Lipinski definition) is 4. The number of hydrogen-bond donors (Lipinski definition) is 3. The minimum atomic E-state index is -3.49. The van der Waals surface area contributed by atoms with Gasteiger partial charge in [0.05, 0.1) is 5.69 Å². The van der Waals surface area contributed by atoms with Crippen LogP contribution in [0.25, 0.3) is 0 Å². The van der Waals surface area contributed by atoms with E-state index in [1.807, 2.05) is 26.0 Å². The molecule has 1 aliphatic heterocycles. The fraction of sp³-hybridized carbons (Fsp3) is 0.600. The summed E-state index contributed by atoms with van der Waals surface area (Å²) in [6.45, 7) is 6.79. The van der Waals surface area contributed by atoms with E-state index in [2.05, 4.69) is 22.3 Å². The Kier molecular flexibility index (Phi) is 5.24. The fourth-order valence-electron chi connectivity index (χ4n) is 2.63. The van der Waals surface area contributed by atoms with Crippen molar-refractivity contribution < 1.29 is 8.42 Å². The average molecular weight is 311 g/mol. The van der Waals surface area contributed by atoms with Gasteiger partial charge in [-0.2, -0.15) is 0 Å². The van der Waals surface area contributed by atoms with E-state index in [0.29, 0.717) is 16.6 Å². The van der Waals surface area contributed by atoms with Crippen LogP contribution in [0.15, 0.2) is 29.2 Å². The molecule has 118 valence electrons. The highest BCUT2D eigenvalue weighted by molar-refractivity contribution is 7.89. The molecule has 2 rings (SSSR count). The topological polar surface area (TPSA) is 70.2 Å². The largest absolute Gasteiger partial charge is 0.380 e. The quantitative estimate of drug-likeness (QED) is 0.777. The summed E-state index contributed by atoms with van der Waals surface area (Å²) in [5.41, 5.74) is 0.672. The van der Waals surface area contributed by atoms with Gasteiger partial charge in [-0.1, -0.05) is 12.1 Å². The number of piperidine rings is 1. The summed E-state index contributed by atoms with van der Waals surface area (Å²) in [5, 5.41) is 6.81. The third-order valence-electron chi connectivity index (χ3n) is 3.67. The molecule has 1 saturated heterocycles. The maximum absolute atomic E-state index is 12.4. The summed E-state index contributed by atoms with van der Waals surface area (Å²) in [6, 6.07) is 7.53. The van der Waals surface area contributed by atoms with E-state index in [0.717, 1.165) is 19.4 Å². The molecule has 0 aromatic heterocycles. The van der Waals surface area contributed by atoms with Crippen molar-refractivity contribution in [2.75, 3.05) is 11.9 Å². The van der Waals surface area contributed by atoms with Crippen LogP contribution in [0.5, 0.6) is 0 Å². The standard InChI is InChI=1S/C15H25N3O2S/c1-11(2)18-21(19,20)15-9-5-4-7-14(15)17-13-8-6-10-16-12(13)3/h4-5,7,9,11-13,16-18H,6,8,10H2,1-3H3. The monoisotopic (exact) mass is 311 g/mol. The number of sulfonamides is 1. The number of para-hydroxylation sites is 1. The maximum atomic E-state index is 12.4. The van der Waals surface area contributed by atoms with Crippen molar-refractivity contribution in [3.8, 4) is 0 Å². The lowest BCUT2D eigenvalue weighted by atomic mass is 9.99. The Morgan fingerprint density at radius 3 is 2.67 bits per heavy atom. The summed E-state index contributed by atoms with van der Waals surface area (Å²) in [4.78, 5) is 0.316. The van der Waals surface area contributed by atoms with E-state index in [9.17, 15) is 8.42 Å². The molecule has 0 amide bonds. The van der Waals surface area contributed by atoms with Crippen LogP contribution in [-0.2, 0) is 10.0 Å². The summed E-state index contributed by atoms with van der Waals surface area (Å²) in [5.74, 6) is 0. The predicted octanol–water partition coefficient (Wildman–Crippen LogP) is 1.93. The summed E-state index contributed by atoms with van der Waals surface area (Å²) < 4.78 is 27.5. The lowest BCUT2D eigenvalue weighted by Gasteiger charge is -2.32. The van der Waals surface area contributed by atoms with E-state index in [-0.39, 0.29) is 12.1 Å². The van der Waals surface area contributed by atoms with Crippen molar-refractivity contribution in [1.29, 1.82) is 0 Å². The van der Waals surface area contributed by atoms with Crippen LogP contribution in [-0.4, -0.2) is 33.1 Å². The van der Waals surface area contributed by atoms with E-state index in [4.69, 9.17) is 0 Å². The molecule has 0 spiro atoms. The highest BCUT2D eigenvalue weighted by atomic mass is 32.2. The molecule has 0 bridgehead atoms. The molecule has 0 aliphatic carbocycles. The Labute approximate surface area is 127 Å². The Morgan fingerprint density at radius 1 is 1.29 bits per heavy atom. The highest BCUT2D eigenvalue weighted by Crippen LogP contribution is 2.24. The second-order valence-electron chi connectivity index (χ2n) is 5.91. The lowest BCUT2D eigenvalue weighted by molar-refractivity contribution is 0.389. The second-order valence-corrected chi connectivity index (χ2v) is 7.59. The average Bonchev–Trinajstić information content (AvgIpc) is 2.40. The molecule has 2 unspecified atom stereocenters. The first-order chi connectivity index (χ1) is 9.90. The molecular formula is C15H25N3O2S. The molecule has 6 heteroatoms. The van der Waals surface area contributed by atoms with E-state index >= 15 is 0 Å². The molecule has 1 heterocycles. The summed E-state index contributed by atoms with van der Waals surface area (Å²) >= 11 is 0. The second kappa shape index (κ2) is 6.77. The molecule has 1 aromatic carbocycles. The Hall–Kier alpha value is -1.11. The van der Waals surface area contributed by atoms with Crippen molar-refractivity contribution >= 4 is 15.7 Å². The van der Waals surface area contributed by atoms with Gasteiger partial charge in [0.1, 0.15) is 4.90 Å². The normalized spacial score (nSPS) is 23.2. The maximum Gasteiger partial charge on any atom is 0.242 e. The minimum absolute atomic E-state index is 0.127. The Bertz CT molecular complexity index is 572.